The van der Waals surface area contributed by atoms with Crippen LogP contribution in [0.2, 0.25) is 10.0 Å². The van der Waals surface area contributed by atoms with Crippen LogP contribution in [0.4, 0.5) is 5.69 Å². The summed E-state index contributed by atoms with van der Waals surface area (Å²) in [5.74, 6) is -0.377. The van der Waals surface area contributed by atoms with Gasteiger partial charge in [-0.1, -0.05) is 55.6 Å². The zero-order valence-corrected chi connectivity index (χ0v) is 28.9. The van der Waals surface area contributed by atoms with E-state index in [-0.39, 0.29) is 29.5 Å². The molecule has 0 saturated carbocycles. The minimum Gasteiger partial charge on any atom is -0.493 e. The predicted molar refractivity (Wildman–Crippen MR) is 179 cm³/mol. The highest BCUT2D eigenvalue weighted by molar-refractivity contribution is 7.92. The van der Waals surface area contributed by atoms with Gasteiger partial charge in [0, 0.05) is 34.8 Å². The zero-order valence-electron chi connectivity index (χ0n) is 26.5. The van der Waals surface area contributed by atoms with Crippen molar-refractivity contribution in [3.05, 3.63) is 81.3 Å². The van der Waals surface area contributed by atoms with Crippen LogP contribution in [0.1, 0.15) is 49.8 Å². The Kier molecular flexibility index (Phi) is 13.0. The molecule has 0 fully saturated rings. The van der Waals surface area contributed by atoms with Crippen LogP contribution in [-0.2, 0) is 26.2 Å². The number of aryl methyl sites for hydroxylation is 2. The van der Waals surface area contributed by atoms with E-state index in [9.17, 15) is 18.0 Å². The summed E-state index contributed by atoms with van der Waals surface area (Å²) in [6, 6.07) is 13.6. The number of nitrogens with one attached hydrogen (secondary N) is 1. The Labute approximate surface area is 276 Å². The van der Waals surface area contributed by atoms with Crippen LogP contribution in [0, 0.1) is 13.8 Å². The maximum Gasteiger partial charge on any atom is 0.264 e. The Balaban J connectivity index is 2.15. The Bertz CT molecular complexity index is 1580. The van der Waals surface area contributed by atoms with Crippen LogP contribution in [0.15, 0.2) is 59.5 Å². The number of ether oxygens (including phenoxy) is 2. The number of carbonyl (C=O) groups excluding carboxylic acids is 2. The number of methoxy groups -OCH3 is 2. The maximum atomic E-state index is 14.4. The molecule has 2 amide bonds. The normalized spacial score (nSPS) is 11.9. The van der Waals surface area contributed by atoms with Crippen molar-refractivity contribution in [3.8, 4) is 11.5 Å². The van der Waals surface area contributed by atoms with Crippen molar-refractivity contribution in [1.29, 1.82) is 0 Å². The second-order valence-electron chi connectivity index (χ2n) is 10.7. The fourth-order valence-corrected chi connectivity index (χ4v) is 6.94. The molecule has 1 atom stereocenters. The summed E-state index contributed by atoms with van der Waals surface area (Å²) < 4.78 is 40.4. The molecule has 0 bridgehead atoms. The summed E-state index contributed by atoms with van der Waals surface area (Å²) in [5.41, 5.74) is 2.37. The molecule has 0 aromatic heterocycles. The average molecular weight is 679 g/mol. The lowest BCUT2D eigenvalue weighted by Gasteiger charge is -2.33. The molecule has 0 aliphatic heterocycles. The van der Waals surface area contributed by atoms with E-state index in [0.717, 1.165) is 28.3 Å². The van der Waals surface area contributed by atoms with Gasteiger partial charge in [0.2, 0.25) is 11.8 Å². The number of nitrogens with zero attached hydrogens (tertiary/aromatic N) is 2. The molecule has 12 heteroatoms. The lowest BCUT2D eigenvalue weighted by Crippen LogP contribution is -2.52. The molecule has 9 nitrogen and oxygen atoms in total. The van der Waals surface area contributed by atoms with Gasteiger partial charge < -0.3 is 19.7 Å². The number of halogens is 2. The molecule has 0 aliphatic carbocycles. The SMILES string of the molecule is CCCCNC(=O)[C@H](CC)N(Cc1c(Cl)cccc1Cl)C(=O)CN(c1cc(C)cc(C)c1)S(=O)(=O)c1ccc(OC)c(OC)c1. The summed E-state index contributed by atoms with van der Waals surface area (Å²) in [4.78, 5) is 29.0. The number of anilines is 1. The van der Waals surface area contributed by atoms with Gasteiger partial charge in [0.15, 0.2) is 11.5 Å². The number of hydrogen-bond acceptors (Lipinski definition) is 6. The van der Waals surface area contributed by atoms with Gasteiger partial charge in [-0.3, -0.25) is 13.9 Å². The number of carbonyl (C=O) groups is 2. The fourth-order valence-electron chi connectivity index (χ4n) is 5.01. The van der Waals surface area contributed by atoms with E-state index >= 15 is 0 Å². The van der Waals surface area contributed by atoms with Crippen LogP contribution in [0.3, 0.4) is 0 Å². The molecular weight excluding hydrogens is 637 g/mol. The molecule has 3 aromatic rings. The molecule has 244 valence electrons. The second kappa shape index (κ2) is 16.2. The Morgan fingerprint density at radius 2 is 1.53 bits per heavy atom. The van der Waals surface area contributed by atoms with E-state index in [1.807, 2.05) is 26.8 Å². The number of amides is 2. The number of hydrogen-bond donors (Lipinski definition) is 1. The first-order chi connectivity index (χ1) is 21.4. The van der Waals surface area contributed by atoms with E-state index in [1.54, 1.807) is 37.3 Å². The molecular formula is C33H41Cl2N3O6S. The van der Waals surface area contributed by atoms with Crippen molar-refractivity contribution < 1.29 is 27.5 Å². The molecule has 0 spiro atoms. The third kappa shape index (κ3) is 8.83. The Morgan fingerprint density at radius 1 is 0.911 bits per heavy atom. The topological polar surface area (TPSA) is 105 Å². The lowest BCUT2D eigenvalue weighted by atomic mass is 10.1. The number of benzene rings is 3. The van der Waals surface area contributed by atoms with Crippen LogP contribution < -0.4 is 19.1 Å². The lowest BCUT2D eigenvalue weighted by molar-refractivity contribution is -0.140. The maximum absolute atomic E-state index is 14.4. The van der Waals surface area contributed by atoms with Crippen LogP contribution in [-0.4, -0.2) is 58.5 Å². The molecule has 0 saturated heterocycles. The summed E-state index contributed by atoms with van der Waals surface area (Å²) >= 11 is 13.0. The van der Waals surface area contributed by atoms with Crippen molar-refractivity contribution in [3.63, 3.8) is 0 Å². The highest BCUT2D eigenvalue weighted by atomic mass is 35.5. The molecule has 45 heavy (non-hydrogen) atoms. The number of rotatable bonds is 15. The third-order valence-electron chi connectivity index (χ3n) is 7.32. The first-order valence-corrected chi connectivity index (χ1v) is 16.9. The standard InChI is InChI=1S/C33H41Cl2N3O6S/c1-7-9-15-36-33(40)29(8-2)37(20-26-27(34)11-10-12-28(26)35)32(39)21-38(24-17-22(3)16-23(4)18-24)45(41,42)25-13-14-30(43-5)31(19-25)44-6/h10-14,16-19,29H,7-9,15,20-21H2,1-6H3,(H,36,40)/t29-/m0/s1. The quantitative estimate of drug-likeness (QED) is 0.183. The Hall–Kier alpha value is -3.47. The smallest absolute Gasteiger partial charge is 0.264 e. The summed E-state index contributed by atoms with van der Waals surface area (Å²) in [7, 11) is -1.47. The van der Waals surface area contributed by atoms with Gasteiger partial charge >= 0.3 is 0 Å². The van der Waals surface area contributed by atoms with Crippen LogP contribution in [0.5, 0.6) is 11.5 Å². The molecule has 0 unspecified atom stereocenters. The van der Waals surface area contributed by atoms with Gasteiger partial charge in [0.05, 0.1) is 24.8 Å². The van der Waals surface area contributed by atoms with Crippen molar-refractivity contribution in [2.75, 3.05) is 31.6 Å². The van der Waals surface area contributed by atoms with E-state index in [0.29, 0.717) is 33.6 Å². The van der Waals surface area contributed by atoms with E-state index < -0.39 is 28.5 Å². The molecule has 1 N–H and O–H groups in total. The first kappa shape index (κ1) is 36.0. The van der Waals surface area contributed by atoms with Gasteiger partial charge in [-0.2, -0.15) is 0 Å². The number of sulfonamides is 1. The highest BCUT2D eigenvalue weighted by Gasteiger charge is 2.34. The van der Waals surface area contributed by atoms with Crippen molar-refractivity contribution in [1.82, 2.24) is 10.2 Å². The van der Waals surface area contributed by atoms with E-state index in [4.69, 9.17) is 32.7 Å². The van der Waals surface area contributed by atoms with Crippen molar-refractivity contribution >= 4 is 50.7 Å². The minimum atomic E-state index is -4.34. The molecule has 0 aliphatic rings. The van der Waals surface area contributed by atoms with Crippen LogP contribution in [0.25, 0.3) is 0 Å². The fraction of sp³-hybridized carbons (Fsp3) is 0.394. The molecule has 3 rings (SSSR count). The first-order valence-electron chi connectivity index (χ1n) is 14.7. The monoisotopic (exact) mass is 677 g/mol. The highest BCUT2D eigenvalue weighted by Crippen LogP contribution is 2.33. The summed E-state index contributed by atoms with van der Waals surface area (Å²) in [6.07, 6.45) is 1.93. The molecule has 0 heterocycles. The summed E-state index contributed by atoms with van der Waals surface area (Å²) in [6.45, 7) is 7.25. The van der Waals surface area contributed by atoms with Crippen molar-refractivity contribution in [2.45, 2.75) is 64.4 Å². The largest absolute Gasteiger partial charge is 0.493 e. The van der Waals surface area contributed by atoms with Gasteiger partial charge in [-0.05, 0) is 74.2 Å². The third-order valence-corrected chi connectivity index (χ3v) is 9.80. The van der Waals surface area contributed by atoms with E-state index in [2.05, 4.69) is 5.32 Å². The zero-order chi connectivity index (χ0) is 33.3. The average Bonchev–Trinajstić information content (AvgIpc) is 3.00. The van der Waals surface area contributed by atoms with Gasteiger partial charge in [0.1, 0.15) is 12.6 Å². The van der Waals surface area contributed by atoms with E-state index in [1.165, 1.54) is 37.3 Å². The minimum absolute atomic E-state index is 0.0999. The number of unbranched alkanes of at least 4 members (excludes halogenated alkanes) is 1. The van der Waals surface area contributed by atoms with Gasteiger partial charge in [-0.15, -0.1) is 0 Å². The molecule has 0 radical (unpaired) electrons. The van der Waals surface area contributed by atoms with Gasteiger partial charge in [0.25, 0.3) is 10.0 Å². The summed E-state index contributed by atoms with van der Waals surface area (Å²) in [5, 5.41) is 3.56. The van der Waals surface area contributed by atoms with Crippen molar-refractivity contribution in [2.24, 2.45) is 0 Å². The molecule has 3 aromatic carbocycles. The second-order valence-corrected chi connectivity index (χ2v) is 13.3. The van der Waals surface area contributed by atoms with Crippen LogP contribution >= 0.6 is 23.2 Å². The predicted octanol–water partition coefficient (Wildman–Crippen LogP) is 6.55. The Morgan fingerprint density at radius 3 is 2.09 bits per heavy atom. The van der Waals surface area contributed by atoms with Gasteiger partial charge in [-0.25, -0.2) is 8.42 Å².